The number of aromatic nitrogens is 3. The Balaban J connectivity index is 1.45. The lowest BCUT2D eigenvalue weighted by atomic mass is 9.84. The number of nitrogens with one attached hydrogen (secondary N) is 2. The lowest BCUT2D eigenvalue weighted by molar-refractivity contribution is -0.155. The summed E-state index contributed by atoms with van der Waals surface area (Å²) in [6.45, 7) is 17.1. The van der Waals surface area contributed by atoms with Crippen LogP contribution >= 0.6 is 11.3 Å². The summed E-state index contributed by atoms with van der Waals surface area (Å²) in [6.07, 6.45) is 3.29. The fourth-order valence-corrected chi connectivity index (χ4v) is 9.19. The number of benzene rings is 1. The number of thiazole rings is 1. The number of amides is 4. The van der Waals surface area contributed by atoms with E-state index in [2.05, 4.69) is 60.3 Å². The Morgan fingerprint density at radius 1 is 1.12 bits per heavy atom. The molecule has 1 aromatic carbocycles. The van der Waals surface area contributed by atoms with Crippen LogP contribution < -0.4 is 10.7 Å². The first-order valence-electron chi connectivity index (χ1n) is 21.1. The van der Waals surface area contributed by atoms with Crippen LogP contribution in [0.5, 0.6) is 0 Å². The van der Waals surface area contributed by atoms with Gasteiger partial charge in [-0.25, -0.2) is 15.2 Å². The van der Waals surface area contributed by atoms with Crippen molar-refractivity contribution in [1.82, 2.24) is 40.1 Å². The second-order valence-electron chi connectivity index (χ2n) is 17.6. The molecule has 2 aliphatic rings. The van der Waals surface area contributed by atoms with Crippen molar-refractivity contribution < 1.29 is 28.7 Å². The SMILES string of the molecule is CCn1c(-c2cccnc2[C@H](C)OC)c2c3cc(ccc31)-c1csc(n1)C[C@H](NC(=O)C(C(C)C)N(C)C(=O)N(C)C(C)C)C(=O)N1CCC[C@H](N1)C(=O)OCC(C)(C)C2. The summed E-state index contributed by atoms with van der Waals surface area (Å²) in [5.41, 5.74) is 9.37. The fraction of sp³-hybridized carbons (Fsp3) is 0.556. The van der Waals surface area contributed by atoms with Crippen LogP contribution in [0.2, 0.25) is 0 Å². The minimum atomic E-state index is -1.04. The molecule has 1 unspecified atom stereocenters. The summed E-state index contributed by atoms with van der Waals surface area (Å²) in [7, 11) is 5.01. The van der Waals surface area contributed by atoms with Gasteiger partial charge in [-0.3, -0.25) is 24.4 Å². The van der Waals surface area contributed by atoms with E-state index in [1.807, 2.05) is 46.1 Å². The van der Waals surface area contributed by atoms with Crippen LogP contribution in [0.1, 0.15) is 90.6 Å². The summed E-state index contributed by atoms with van der Waals surface area (Å²) in [5.74, 6) is -1.54. The zero-order valence-electron chi connectivity index (χ0n) is 37.0. The third-order valence-electron chi connectivity index (χ3n) is 11.9. The Bertz CT molecular complexity index is 2210. The fourth-order valence-electron chi connectivity index (χ4n) is 8.34. The highest BCUT2D eigenvalue weighted by molar-refractivity contribution is 7.10. The minimum Gasteiger partial charge on any atom is -0.464 e. The van der Waals surface area contributed by atoms with Gasteiger partial charge in [0.05, 0.1) is 34.8 Å². The number of rotatable bonds is 9. The average Bonchev–Trinajstić information content (AvgIpc) is 3.82. The highest BCUT2D eigenvalue weighted by Gasteiger charge is 2.38. The molecule has 0 spiro atoms. The van der Waals surface area contributed by atoms with E-state index in [-0.39, 0.29) is 37.1 Å². The molecule has 4 atom stereocenters. The second kappa shape index (κ2) is 18.4. The number of cyclic esters (lactones) is 1. The number of hydrogen-bond donors (Lipinski definition) is 2. The second-order valence-corrected chi connectivity index (χ2v) is 18.5. The summed E-state index contributed by atoms with van der Waals surface area (Å²) in [6, 6.07) is 7.42. The summed E-state index contributed by atoms with van der Waals surface area (Å²) < 4.78 is 14.2. The molecule has 4 aromatic rings. The summed E-state index contributed by atoms with van der Waals surface area (Å²) in [5, 5.41) is 8.15. The van der Waals surface area contributed by atoms with Gasteiger partial charge in [0.2, 0.25) is 5.91 Å². The van der Waals surface area contributed by atoms with E-state index in [1.165, 1.54) is 21.2 Å². The van der Waals surface area contributed by atoms with Gasteiger partial charge in [-0.05, 0) is 82.7 Å². The van der Waals surface area contributed by atoms with Crippen LogP contribution in [0.25, 0.3) is 33.4 Å². The van der Waals surface area contributed by atoms with Crippen LogP contribution in [0.15, 0.2) is 41.9 Å². The number of hydrogen-bond acceptors (Lipinski definition) is 10. The molecule has 3 aromatic heterocycles. The van der Waals surface area contributed by atoms with Gasteiger partial charge < -0.3 is 29.2 Å². The normalized spacial score (nSPS) is 19.5. The number of hydrazine groups is 1. The van der Waals surface area contributed by atoms with Crippen molar-refractivity contribution in [2.75, 3.05) is 34.4 Å². The number of carbonyl (C=O) groups is 4. The number of nitrogens with zero attached hydrogens (tertiary/aromatic N) is 6. The van der Waals surface area contributed by atoms with E-state index in [0.29, 0.717) is 37.4 Å². The first-order chi connectivity index (χ1) is 28.5. The Morgan fingerprint density at radius 3 is 2.55 bits per heavy atom. The number of aryl methyl sites for hydroxylation is 1. The monoisotopic (exact) mass is 842 g/mol. The zero-order chi connectivity index (χ0) is 43.6. The van der Waals surface area contributed by atoms with E-state index < -0.39 is 41.3 Å². The van der Waals surface area contributed by atoms with Gasteiger partial charge >= 0.3 is 12.0 Å². The Kier molecular flexibility index (Phi) is 13.7. The van der Waals surface area contributed by atoms with Gasteiger partial charge in [-0.1, -0.05) is 33.8 Å². The molecule has 2 aliphatic heterocycles. The lowest BCUT2D eigenvalue weighted by Gasteiger charge is -2.37. The molecule has 324 valence electrons. The van der Waals surface area contributed by atoms with Crippen LogP contribution in [-0.2, 0) is 43.2 Å². The smallest absolute Gasteiger partial charge is 0.324 e. The van der Waals surface area contributed by atoms with Crippen molar-refractivity contribution in [1.29, 1.82) is 0 Å². The maximum absolute atomic E-state index is 14.5. The average molecular weight is 843 g/mol. The Labute approximate surface area is 358 Å². The maximum atomic E-state index is 14.5. The molecule has 5 heterocycles. The van der Waals surface area contributed by atoms with Gasteiger partial charge in [-0.2, -0.15) is 0 Å². The van der Waals surface area contributed by atoms with E-state index >= 15 is 0 Å². The molecule has 0 radical (unpaired) electrons. The first kappa shape index (κ1) is 44.7. The largest absolute Gasteiger partial charge is 0.464 e. The molecule has 1 fully saturated rings. The van der Waals surface area contributed by atoms with E-state index in [1.54, 1.807) is 32.3 Å². The quantitative estimate of drug-likeness (QED) is 0.177. The molecule has 6 rings (SSSR count). The van der Waals surface area contributed by atoms with Gasteiger partial charge in [0.25, 0.3) is 5.91 Å². The van der Waals surface area contributed by atoms with Crippen LogP contribution in [0.3, 0.4) is 0 Å². The number of pyridine rings is 1. The van der Waals surface area contributed by atoms with Crippen molar-refractivity contribution in [3.05, 3.63) is 58.2 Å². The van der Waals surface area contributed by atoms with Gasteiger partial charge in [0, 0.05) is 85.8 Å². The van der Waals surface area contributed by atoms with Crippen molar-refractivity contribution in [3.8, 4) is 22.5 Å². The maximum Gasteiger partial charge on any atom is 0.324 e. The predicted octanol–water partition coefficient (Wildman–Crippen LogP) is 6.62. The Morgan fingerprint density at radius 2 is 1.87 bits per heavy atom. The Hall–Kier alpha value is -4.86. The molecule has 2 N–H and O–H groups in total. The zero-order valence-corrected chi connectivity index (χ0v) is 37.8. The number of esters is 1. The molecule has 1 saturated heterocycles. The number of likely N-dealkylation sites (N-methyl/N-ethyl adjacent to an activating group) is 1. The van der Waals surface area contributed by atoms with E-state index in [4.69, 9.17) is 19.4 Å². The van der Waals surface area contributed by atoms with Gasteiger partial charge in [-0.15, -0.1) is 11.3 Å². The van der Waals surface area contributed by atoms with Crippen LogP contribution in [0.4, 0.5) is 4.79 Å². The molecule has 4 amide bonds. The third kappa shape index (κ3) is 9.23. The molecule has 15 heteroatoms. The summed E-state index contributed by atoms with van der Waals surface area (Å²) >= 11 is 1.42. The molecule has 0 saturated carbocycles. The molecular weight excluding hydrogens is 781 g/mol. The third-order valence-corrected chi connectivity index (χ3v) is 12.7. The molecule has 0 aliphatic carbocycles. The van der Waals surface area contributed by atoms with Crippen molar-refractivity contribution in [3.63, 3.8) is 0 Å². The standard InChI is InChI=1S/C45H62N8O6S/c1-12-52-36-18-17-29-21-31(36)32(40(52)30-15-13-19-46-38(30)28(6)58-11)23-45(7,8)25-59-43(56)33-16-14-20-53(49-33)42(55)34(22-37-47-35(29)24-60-37)48-41(54)39(26(2)3)51(10)44(57)50(9)27(4)5/h13,15,17-19,21,24,26-28,33-34,39,49H,12,14,16,20,22-23,25H2,1-11H3,(H,48,54)/t28-,33-,34-,39?/m0/s1. The number of methoxy groups -OCH3 is 1. The highest BCUT2D eigenvalue weighted by atomic mass is 32.1. The molecule has 14 nitrogen and oxygen atoms in total. The first-order valence-corrected chi connectivity index (χ1v) is 22.0. The van der Waals surface area contributed by atoms with Crippen LogP contribution in [0, 0.1) is 11.3 Å². The number of carbonyl (C=O) groups excluding carboxylic acids is 4. The number of fused-ring (bicyclic) bond motifs is 6. The lowest BCUT2D eigenvalue weighted by Crippen LogP contribution is -2.62. The topological polar surface area (TPSA) is 151 Å². The van der Waals surface area contributed by atoms with E-state index in [9.17, 15) is 19.2 Å². The van der Waals surface area contributed by atoms with Crippen molar-refractivity contribution >= 4 is 46.1 Å². The summed E-state index contributed by atoms with van der Waals surface area (Å²) in [4.78, 5) is 68.8. The van der Waals surface area contributed by atoms with Gasteiger partial charge in [0.1, 0.15) is 18.1 Å². The van der Waals surface area contributed by atoms with Crippen LogP contribution in [-0.4, -0.2) is 112 Å². The van der Waals surface area contributed by atoms with Gasteiger partial charge in [0.15, 0.2) is 0 Å². The molecule has 6 bridgehead atoms. The minimum absolute atomic E-state index is 0.0752. The molecular formula is C45H62N8O6S. The number of ether oxygens (including phenoxy) is 2. The predicted molar refractivity (Wildman–Crippen MR) is 234 cm³/mol. The molecule has 60 heavy (non-hydrogen) atoms. The van der Waals surface area contributed by atoms with Crippen molar-refractivity contribution in [2.45, 2.75) is 118 Å². The van der Waals surface area contributed by atoms with E-state index in [0.717, 1.165) is 44.7 Å². The number of urea groups is 1. The highest BCUT2D eigenvalue weighted by Crippen LogP contribution is 2.42. The van der Waals surface area contributed by atoms with Crippen molar-refractivity contribution in [2.24, 2.45) is 11.3 Å².